The number of amides is 1. The van der Waals surface area contributed by atoms with Gasteiger partial charge in [0, 0.05) is 6.20 Å². The highest BCUT2D eigenvalue weighted by Gasteiger charge is 2.33. The molecule has 0 fully saturated rings. The maximum absolute atomic E-state index is 12.1. The summed E-state index contributed by atoms with van der Waals surface area (Å²) < 4.78 is 4.97. The Kier molecular flexibility index (Phi) is 4.47. The van der Waals surface area contributed by atoms with Crippen LogP contribution >= 0.6 is 0 Å². The summed E-state index contributed by atoms with van der Waals surface area (Å²) in [5, 5.41) is 11.7. The summed E-state index contributed by atoms with van der Waals surface area (Å²) in [5.74, 6) is -1.44. The van der Waals surface area contributed by atoms with E-state index in [-0.39, 0.29) is 11.4 Å². The lowest BCUT2D eigenvalue weighted by Gasteiger charge is -2.27. The summed E-state index contributed by atoms with van der Waals surface area (Å²) in [4.78, 5) is 27.2. The van der Waals surface area contributed by atoms with Gasteiger partial charge in [0.2, 0.25) is 5.88 Å². The maximum Gasteiger partial charge on any atom is 0.326 e. The molecule has 1 atom stereocenters. The number of carbonyl (C=O) groups excluding carboxylic acids is 1. The molecule has 0 saturated heterocycles. The highest BCUT2D eigenvalue weighted by molar-refractivity contribution is 5.98. The molecule has 1 aromatic rings. The molecule has 1 amide bonds. The molecule has 0 saturated carbocycles. The number of aliphatic carboxylic acids is 1. The van der Waals surface area contributed by atoms with Crippen LogP contribution in [0.15, 0.2) is 18.3 Å². The standard InChI is InChI=1S/C13H18N2O4/c1-13(2,3)9(12(17)18)15-10(16)8-6-5-7-14-11(8)19-4/h5-7,9H,1-4H3,(H,15,16)(H,17,18). The molecule has 1 heterocycles. The summed E-state index contributed by atoms with van der Waals surface area (Å²) in [5.41, 5.74) is -0.391. The molecule has 0 aliphatic rings. The van der Waals surface area contributed by atoms with Crippen LogP contribution in [0, 0.1) is 5.41 Å². The number of rotatable bonds is 4. The molecule has 1 rings (SSSR count). The van der Waals surface area contributed by atoms with E-state index in [4.69, 9.17) is 9.84 Å². The van der Waals surface area contributed by atoms with Crippen LogP contribution < -0.4 is 10.1 Å². The van der Waals surface area contributed by atoms with Crippen molar-refractivity contribution in [2.24, 2.45) is 5.41 Å². The van der Waals surface area contributed by atoms with Crippen LogP contribution in [-0.4, -0.2) is 35.1 Å². The van der Waals surface area contributed by atoms with Gasteiger partial charge in [-0.15, -0.1) is 0 Å². The predicted octanol–water partition coefficient (Wildman–Crippen LogP) is 1.32. The fourth-order valence-electron chi connectivity index (χ4n) is 1.58. The van der Waals surface area contributed by atoms with Crippen molar-refractivity contribution in [1.29, 1.82) is 0 Å². The third-order valence-corrected chi connectivity index (χ3v) is 2.60. The van der Waals surface area contributed by atoms with Crippen LogP contribution in [0.25, 0.3) is 0 Å². The number of carboxylic acid groups (broad SMARTS) is 1. The summed E-state index contributed by atoms with van der Waals surface area (Å²) in [6, 6.07) is 2.12. The Bertz CT molecular complexity index is 480. The minimum absolute atomic E-state index is 0.165. The Morgan fingerprint density at radius 2 is 2.05 bits per heavy atom. The van der Waals surface area contributed by atoms with Gasteiger partial charge in [0.05, 0.1) is 7.11 Å². The van der Waals surface area contributed by atoms with Gasteiger partial charge in [-0.3, -0.25) is 4.79 Å². The maximum atomic E-state index is 12.1. The molecule has 0 aromatic carbocycles. The fraction of sp³-hybridized carbons (Fsp3) is 0.462. The second-order valence-electron chi connectivity index (χ2n) is 5.17. The first-order chi connectivity index (χ1) is 8.77. The van der Waals surface area contributed by atoms with E-state index in [1.165, 1.54) is 19.4 Å². The average molecular weight is 266 g/mol. The summed E-state index contributed by atoms with van der Waals surface area (Å²) in [7, 11) is 1.40. The number of aromatic nitrogens is 1. The Hall–Kier alpha value is -2.11. The number of methoxy groups -OCH3 is 1. The van der Waals surface area contributed by atoms with Crippen molar-refractivity contribution < 1.29 is 19.4 Å². The number of ether oxygens (including phenoxy) is 1. The molecule has 0 bridgehead atoms. The van der Waals surface area contributed by atoms with Crippen molar-refractivity contribution in [3.05, 3.63) is 23.9 Å². The van der Waals surface area contributed by atoms with Crippen molar-refractivity contribution in [3.8, 4) is 5.88 Å². The van der Waals surface area contributed by atoms with Gasteiger partial charge in [-0.25, -0.2) is 9.78 Å². The van der Waals surface area contributed by atoms with Gasteiger partial charge in [-0.05, 0) is 17.5 Å². The van der Waals surface area contributed by atoms with Gasteiger partial charge in [0.25, 0.3) is 5.91 Å². The number of hydrogen-bond acceptors (Lipinski definition) is 4. The highest BCUT2D eigenvalue weighted by atomic mass is 16.5. The SMILES string of the molecule is COc1ncccc1C(=O)NC(C(=O)O)C(C)(C)C. The molecule has 6 nitrogen and oxygen atoms in total. The molecule has 6 heteroatoms. The minimum Gasteiger partial charge on any atom is -0.480 e. The van der Waals surface area contributed by atoms with Gasteiger partial charge >= 0.3 is 5.97 Å². The number of carbonyl (C=O) groups is 2. The van der Waals surface area contributed by atoms with Crippen LogP contribution in [0.2, 0.25) is 0 Å². The summed E-state index contributed by atoms with van der Waals surface area (Å²) in [6.07, 6.45) is 1.49. The lowest BCUT2D eigenvalue weighted by atomic mass is 9.86. The Morgan fingerprint density at radius 1 is 1.42 bits per heavy atom. The molecular formula is C13H18N2O4. The number of carboxylic acids is 1. The van der Waals surface area contributed by atoms with Crippen molar-refractivity contribution in [2.45, 2.75) is 26.8 Å². The van der Waals surface area contributed by atoms with Gasteiger partial charge in [0.15, 0.2) is 0 Å². The highest BCUT2D eigenvalue weighted by Crippen LogP contribution is 2.21. The third kappa shape index (κ3) is 3.67. The first-order valence-corrected chi connectivity index (χ1v) is 5.80. The zero-order valence-corrected chi connectivity index (χ0v) is 11.4. The summed E-state index contributed by atoms with van der Waals surface area (Å²) in [6.45, 7) is 5.23. The molecule has 0 spiro atoms. The summed E-state index contributed by atoms with van der Waals surface area (Å²) >= 11 is 0. The molecule has 2 N–H and O–H groups in total. The largest absolute Gasteiger partial charge is 0.480 e. The van der Waals surface area contributed by atoms with Gasteiger partial charge < -0.3 is 15.2 Å². The van der Waals surface area contributed by atoms with E-state index in [0.29, 0.717) is 0 Å². The van der Waals surface area contributed by atoms with E-state index in [1.54, 1.807) is 26.8 Å². The molecule has 104 valence electrons. The number of pyridine rings is 1. The molecule has 1 unspecified atom stereocenters. The Balaban J connectivity index is 2.98. The first-order valence-electron chi connectivity index (χ1n) is 5.80. The van der Waals surface area contributed by atoms with Crippen molar-refractivity contribution in [3.63, 3.8) is 0 Å². The Labute approximate surface area is 111 Å². The van der Waals surface area contributed by atoms with E-state index in [0.717, 1.165) is 0 Å². The normalized spacial score (nSPS) is 12.6. The zero-order chi connectivity index (χ0) is 14.6. The molecule has 0 radical (unpaired) electrons. The number of nitrogens with zero attached hydrogens (tertiary/aromatic N) is 1. The monoisotopic (exact) mass is 266 g/mol. The average Bonchev–Trinajstić information content (AvgIpc) is 2.33. The van der Waals surface area contributed by atoms with Gasteiger partial charge in [-0.2, -0.15) is 0 Å². The smallest absolute Gasteiger partial charge is 0.326 e. The Morgan fingerprint density at radius 3 is 2.53 bits per heavy atom. The molecule has 0 aliphatic heterocycles. The topological polar surface area (TPSA) is 88.5 Å². The molecule has 19 heavy (non-hydrogen) atoms. The van der Waals surface area contributed by atoms with E-state index in [1.807, 2.05) is 0 Å². The van der Waals surface area contributed by atoms with Crippen LogP contribution in [0.3, 0.4) is 0 Å². The van der Waals surface area contributed by atoms with Crippen molar-refractivity contribution in [2.75, 3.05) is 7.11 Å². The molecule has 0 aliphatic carbocycles. The van der Waals surface area contributed by atoms with E-state index < -0.39 is 23.3 Å². The lowest BCUT2D eigenvalue weighted by Crippen LogP contribution is -2.49. The second kappa shape index (κ2) is 5.69. The first kappa shape index (κ1) is 14.9. The second-order valence-corrected chi connectivity index (χ2v) is 5.17. The fourth-order valence-corrected chi connectivity index (χ4v) is 1.58. The van der Waals surface area contributed by atoms with E-state index in [2.05, 4.69) is 10.3 Å². The predicted molar refractivity (Wildman–Crippen MR) is 69.1 cm³/mol. The van der Waals surface area contributed by atoms with Crippen LogP contribution in [0.4, 0.5) is 0 Å². The zero-order valence-electron chi connectivity index (χ0n) is 11.4. The number of nitrogens with one attached hydrogen (secondary N) is 1. The third-order valence-electron chi connectivity index (χ3n) is 2.60. The van der Waals surface area contributed by atoms with Crippen LogP contribution in [0.1, 0.15) is 31.1 Å². The van der Waals surface area contributed by atoms with Crippen molar-refractivity contribution >= 4 is 11.9 Å². The van der Waals surface area contributed by atoms with E-state index >= 15 is 0 Å². The minimum atomic E-state index is -1.08. The molecule has 1 aromatic heterocycles. The lowest BCUT2D eigenvalue weighted by molar-refractivity contribution is -0.142. The quantitative estimate of drug-likeness (QED) is 0.858. The van der Waals surface area contributed by atoms with E-state index in [9.17, 15) is 9.59 Å². The van der Waals surface area contributed by atoms with Gasteiger partial charge in [-0.1, -0.05) is 20.8 Å². The van der Waals surface area contributed by atoms with Crippen LogP contribution in [0.5, 0.6) is 5.88 Å². The molecular weight excluding hydrogens is 248 g/mol. The van der Waals surface area contributed by atoms with Gasteiger partial charge in [0.1, 0.15) is 11.6 Å². The van der Waals surface area contributed by atoms with Crippen molar-refractivity contribution in [1.82, 2.24) is 10.3 Å². The van der Waals surface area contributed by atoms with Crippen LogP contribution in [-0.2, 0) is 4.79 Å². The number of hydrogen-bond donors (Lipinski definition) is 2.